The van der Waals surface area contributed by atoms with Crippen LogP contribution in [0.5, 0.6) is 17.2 Å². The normalized spacial score (nSPS) is 10.8. The number of ether oxygens (including phenoxy) is 3. The van der Waals surface area contributed by atoms with E-state index in [0.717, 1.165) is 46.4 Å². The molecule has 0 radical (unpaired) electrons. The summed E-state index contributed by atoms with van der Waals surface area (Å²) in [6, 6.07) is 10.0. The van der Waals surface area contributed by atoms with Crippen LogP contribution in [-0.2, 0) is 0 Å². The Morgan fingerprint density at radius 1 is 0.833 bits per heavy atom. The van der Waals surface area contributed by atoms with Gasteiger partial charge in [0.2, 0.25) is 0 Å². The van der Waals surface area contributed by atoms with Crippen LogP contribution >= 0.6 is 15.9 Å². The topological polar surface area (TPSA) is 27.7 Å². The van der Waals surface area contributed by atoms with Crippen LogP contribution in [0, 0.1) is 0 Å². The number of methoxy groups -OCH3 is 2. The van der Waals surface area contributed by atoms with Gasteiger partial charge in [-0.3, -0.25) is 0 Å². The van der Waals surface area contributed by atoms with Gasteiger partial charge in [-0.2, -0.15) is 0 Å². The molecule has 0 amide bonds. The maximum atomic E-state index is 5.96. The highest BCUT2D eigenvalue weighted by atomic mass is 79.9. The second kappa shape index (κ2) is 10.4. The molecule has 0 saturated carbocycles. The van der Waals surface area contributed by atoms with Crippen molar-refractivity contribution in [2.24, 2.45) is 0 Å². The molecule has 0 aliphatic heterocycles. The van der Waals surface area contributed by atoms with E-state index in [1.54, 1.807) is 14.2 Å². The van der Waals surface area contributed by atoms with E-state index < -0.39 is 0 Å². The lowest BCUT2D eigenvalue weighted by Crippen LogP contribution is -2.00. The average molecular weight is 395 g/mol. The van der Waals surface area contributed by atoms with Crippen molar-refractivity contribution in [3.8, 4) is 17.2 Å². The van der Waals surface area contributed by atoms with E-state index in [1.807, 2.05) is 24.3 Å². The average Bonchev–Trinajstić information content (AvgIpc) is 2.63. The molecule has 0 aliphatic carbocycles. The first-order chi connectivity index (χ1) is 11.8. The number of hydrogen-bond donors (Lipinski definition) is 0. The zero-order valence-electron chi connectivity index (χ0n) is 14.6. The van der Waals surface area contributed by atoms with Gasteiger partial charge in [-0.05, 0) is 42.5 Å². The van der Waals surface area contributed by atoms with E-state index in [1.165, 1.54) is 32.1 Å². The molecule has 24 heavy (non-hydrogen) atoms. The van der Waals surface area contributed by atoms with Crippen LogP contribution < -0.4 is 14.2 Å². The van der Waals surface area contributed by atoms with Gasteiger partial charge in [0, 0.05) is 10.7 Å². The Balaban J connectivity index is 1.89. The van der Waals surface area contributed by atoms with Crippen molar-refractivity contribution < 1.29 is 14.2 Å². The molecule has 132 valence electrons. The molecule has 0 spiro atoms. The number of hydrogen-bond acceptors (Lipinski definition) is 3. The number of unbranched alkanes of at least 4 members (excludes halogenated alkanes) is 5. The molecule has 0 unspecified atom stereocenters. The third kappa shape index (κ3) is 5.30. The van der Waals surface area contributed by atoms with Gasteiger partial charge >= 0.3 is 0 Å². The van der Waals surface area contributed by atoms with Crippen molar-refractivity contribution in [2.75, 3.05) is 26.2 Å². The first-order valence-corrected chi connectivity index (χ1v) is 9.75. The molecule has 0 atom stereocenters. The Hall–Kier alpha value is -1.42. The van der Waals surface area contributed by atoms with Crippen molar-refractivity contribution in [3.63, 3.8) is 0 Å². The summed E-state index contributed by atoms with van der Waals surface area (Å²) in [5.74, 6) is 2.46. The molecule has 0 N–H and O–H groups in total. The van der Waals surface area contributed by atoms with Crippen LogP contribution in [0.3, 0.4) is 0 Å². The molecule has 3 nitrogen and oxygen atoms in total. The lowest BCUT2D eigenvalue weighted by molar-refractivity contribution is 0.286. The molecule has 2 rings (SSSR count). The van der Waals surface area contributed by atoms with Crippen LogP contribution in [0.25, 0.3) is 10.8 Å². The first-order valence-electron chi connectivity index (χ1n) is 8.63. The fourth-order valence-electron chi connectivity index (χ4n) is 2.80. The Morgan fingerprint density at radius 3 is 2.29 bits per heavy atom. The quantitative estimate of drug-likeness (QED) is 0.347. The largest absolute Gasteiger partial charge is 0.497 e. The fraction of sp³-hybridized carbons (Fsp3) is 0.500. The molecule has 0 aromatic heterocycles. The summed E-state index contributed by atoms with van der Waals surface area (Å²) in [6.45, 7) is 0.733. The third-order valence-electron chi connectivity index (χ3n) is 4.13. The van der Waals surface area contributed by atoms with Crippen molar-refractivity contribution in [3.05, 3.63) is 30.3 Å². The summed E-state index contributed by atoms with van der Waals surface area (Å²) < 4.78 is 16.8. The van der Waals surface area contributed by atoms with Crippen LogP contribution in [-0.4, -0.2) is 26.2 Å². The molecular formula is C20H27BrO3. The standard InChI is InChI=1S/C20H27BrO3/c1-22-17-10-11-18-16(15-17)9-12-19(20(18)23-2)24-14-8-6-4-3-5-7-13-21/h9-12,15H,3-8,13-14H2,1-2H3. The van der Waals surface area contributed by atoms with Crippen molar-refractivity contribution >= 4 is 26.7 Å². The predicted octanol–water partition coefficient (Wildman–Crippen LogP) is 5.97. The van der Waals surface area contributed by atoms with Gasteiger partial charge in [0.05, 0.1) is 20.8 Å². The molecular weight excluding hydrogens is 368 g/mol. The minimum atomic E-state index is 0.733. The smallest absolute Gasteiger partial charge is 0.168 e. The van der Waals surface area contributed by atoms with Gasteiger partial charge < -0.3 is 14.2 Å². The molecule has 0 aliphatic rings. The highest BCUT2D eigenvalue weighted by Crippen LogP contribution is 2.37. The first kappa shape index (κ1) is 18.9. The summed E-state index contributed by atoms with van der Waals surface area (Å²) in [5, 5.41) is 3.25. The minimum absolute atomic E-state index is 0.733. The highest BCUT2D eigenvalue weighted by molar-refractivity contribution is 9.09. The minimum Gasteiger partial charge on any atom is -0.497 e. The number of halogens is 1. The van der Waals surface area contributed by atoms with E-state index in [9.17, 15) is 0 Å². The highest BCUT2D eigenvalue weighted by Gasteiger charge is 2.10. The third-order valence-corrected chi connectivity index (χ3v) is 4.69. The molecule has 0 heterocycles. The molecule has 0 fully saturated rings. The van der Waals surface area contributed by atoms with Crippen LogP contribution in [0.15, 0.2) is 30.3 Å². The van der Waals surface area contributed by atoms with E-state index in [0.29, 0.717) is 0 Å². The van der Waals surface area contributed by atoms with Gasteiger partial charge in [-0.15, -0.1) is 0 Å². The Labute approximate surface area is 153 Å². The van der Waals surface area contributed by atoms with Gasteiger partial charge in [0.15, 0.2) is 11.5 Å². The van der Waals surface area contributed by atoms with Gasteiger partial charge in [-0.1, -0.05) is 47.7 Å². The monoisotopic (exact) mass is 394 g/mol. The Morgan fingerprint density at radius 2 is 1.58 bits per heavy atom. The van der Waals surface area contributed by atoms with E-state index in [-0.39, 0.29) is 0 Å². The maximum Gasteiger partial charge on any atom is 0.168 e. The summed E-state index contributed by atoms with van der Waals surface area (Å²) in [6.07, 6.45) is 7.48. The lowest BCUT2D eigenvalue weighted by Gasteiger charge is -2.13. The molecule has 2 aromatic rings. The molecule has 0 bridgehead atoms. The molecule has 0 saturated heterocycles. The van der Waals surface area contributed by atoms with Crippen molar-refractivity contribution in [1.82, 2.24) is 0 Å². The molecule has 4 heteroatoms. The zero-order valence-corrected chi connectivity index (χ0v) is 16.2. The summed E-state index contributed by atoms with van der Waals surface area (Å²) in [4.78, 5) is 0. The predicted molar refractivity (Wildman–Crippen MR) is 104 cm³/mol. The SMILES string of the molecule is COc1ccc2c(OC)c(OCCCCCCCCBr)ccc2c1. The van der Waals surface area contributed by atoms with Crippen LogP contribution in [0.1, 0.15) is 38.5 Å². The second-order valence-corrected chi connectivity index (χ2v) is 6.64. The van der Waals surface area contributed by atoms with Gasteiger partial charge in [-0.25, -0.2) is 0 Å². The van der Waals surface area contributed by atoms with Crippen molar-refractivity contribution in [2.45, 2.75) is 38.5 Å². The van der Waals surface area contributed by atoms with Gasteiger partial charge in [0.25, 0.3) is 0 Å². The van der Waals surface area contributed by atoms with E-state index >= 15 is 0 Å². The number of fused-ring (bicyclic) bond motifs is 1. The van der Waals surface area contributed by atoms with Crippen LogP contribution in [0.2, 0.25) is 0 Å². The molecule has 2 aromatic carbocycles. The number of alkyl halides is 1. The number of benzene rings is 2. The van der Waals surface area contributed by atoms with Gasteiger partial charge in [0.1, 0.15) is 5.75 Å². The zero-order chi connectivity index (χ0) is 17.2. The lowest BCUT2D eigenvalue weighted by atomic mass is 10.1. The summed E-state index contributed by atoms with van der Waals surface area (Å²) >= 11 is 3.47. The Kier molecular flexibility index (Phi) is 8.23. The second-order valence-electron chi connectivity index (χ2n) is 5.84. The summed E-state index contributed by atoms with van der Waals surface area (Å²) in [5.41, 5.74) is 0. The number of rotatable bonds is 11. The van der Waals surface area contributed by atoms with Crippen LogP contribution in [0.4, 0.5) is 0 Å². The maximum absolute atomic E-state index is 5.96. The Bertz CT molecular complexity index is 628. The summed E-state index contributed by atoms with van der Waals surface area (Å²) in [7, 11) is 3.37. The van der Waals surface area contributed by atoms with E-state index in [4.69, 9.17) is 14.2 Å². The van der Waals surface area contributed by atoms with E-state index in [2.05, 4.69) is 22.0 Å². The fourth-order valence-corrected chi connectivity index (χ4v) is 3.19. The van der Waals surface area contributed by atoms with Crippen molar-refractivity contribution in [1.29, 1.82) is 0 Å².